The van der Waals surface area contributed by atoms with Gasteiger partial charge in [-0.25, -0.2) is 5.43 Å². The number of non-ortho nitro benzene ring substituents is 1. The summed E-state index contributed by atoms with van der Waals surface area (Å²) in [6.07, 6.45) is 1.27. The number of hydrogen-bond acceptors (Lipinski definition) is 6. The largest absolute Gasteiger partial charge is 0.282 e. The van der Waals surface area contributed by atoms with Crippen LogP contribution in [-0.2, 0) is 0 Å². The monoisotopic (exact) mass is 314 g/mol. The third-order valence-electron chi connectivity index (χ3n) is 2.83. The number of nitrogens with zero attached hydrogens (tertiary/aromatic N) is 3. The molecule has 0 aliphatic carbocycles. The molecular weight excluding hydrogens is 304 g/mol. The Morgan fingerprint density at radius 1 is 1.00 bits per heavy atom. The van der Waals surface area contributed by atoms with E-state index in [1.54, 1.807) is 0 Å². The van der Waals surface area contributed by atoms with Crippen molar-refractivity contribution in [1.29, 1.82) is 0 Å². The van der Waals surface area contributed by atoms with Gasteiger partial charge in [-0.2, -0.15) is 5.10 Å². The number of rotatable bonds is 5. The van der Waals surface area contributed by atoms with Gasteiger partial charge in [0.25, 0.3) is 17.3 Å². The first kappa shape index (κ1) is 15.8. The quantitative estimate of drug-likeness (QED) is 0.514. The van der Waals surface area contributed by atoms with Gasteiger partial charge in [0.15, 0.2) is 0 Å². The number of amides is 1. The van der Waals surface area contributed by atoms with Crippen molar-refractivity contribution in [3.05, 3.63) is 79.9 Å². The van der Waals surface area contributed by atoms with E-state index in [-0.39, 0.29) is 16.9 Å². The molecule has 0 heterocycles. The lowest BCUT2D eigenvalue weighted by Gasteiger charge is -2.01. The number of nitro groups is 2. The van der Waals surface area contributed by atoms with Crippen LogP contribution >= 0.6 is 0 Å². The average Bonchev–Trinajstić information content (AvgIpc) is 2.55. The molecule has 0 aliphatic heterocycles. The number of benzene rings is 2. The van der Waals surface area contributed by atoms with Crippen LogP contribution in [0, 0.1) is 20.2 Å². The summed E-state index contributed by atoms with van der Waals surface area (Å²) in [5.74, 6) is -0.726. The maximum atomic E-state index is 11.9. The minimum absolute atomic E-state index is 0.0638. The van der Waals surface area contributed by atoms with Crippen molar-refractivity contribution in [2.24, 2.45) is 5.10 Å². The smallest absolute Gasteiger partial charge is 0.267 e. The molecular formula is C14H10N4O5. The van der Waals surface area contributed by atoms with Crippen molar-refractivity contribution in [2.45, 2.75) is 0 Å². The summed E-state index contributed by atoms with van der Waals surface area (Å²) < 4.78 is 0. The summed E-state index contributed by atoms with van der Waals surface area (Å²) in [4.78, 5) is 32.1. The van der Waals surface area contributed by atoms with Crippen LogP contribution in [0.1, 0.15) is 15.9 Å². The lowest BCUT2D eigenvalue weighted by atomic mass is 10.2. The molecule has 0 spiro atoms. The Kier molecular flexibility index (Phi) is 4.72. The molecule has 0 radical (unpaired) electrons. The van der Waals surface area contributed by atoms with Gasteiger partial charge in [0.2, 0.25) is 0 Å². The van der Waals surface area contributed by atoms with Crippen LogP contribution in [0.3, 0.4) is 0 Å². The fourth-order valence-corrected chi connectivity index (χ4v) is 1.73. The van der Waals surface area contributed by atoms with Crippen molar-refractivity contribution >= 4 is 23.5 Å². The Morgan fingerprint density at radius 2 is 1.65 bits per heavy atom. The van der Waals surface area contributed by atoms with E-state index < -0.39 is 15.8 Å². The van der Waals surface area contributed by atoms with Crippen LogP contribution in [0.2, 0.25) is 0 Å². The number of nitro benzene ring substituents is 2. The molecule has 9 heteroatoms. The third-order valence-corrected chi connectivity index (χ3v) is 2.83. The number of hydrogen-bond donors (Lipinski definition) is 1. The van der Waals surface area contributed by atoms with Gasteiger partial charge < -0.3 is 0 Å². The van der Waals surface area contributed by atoms with Crippen LogP contribution in [0.25, 0.3) is 0 Å². The maximum Gasteiger partial charge on any atom is 0.282 e. The van der Waals surface area contributed by atoms with Gasteiger partial charge in [-0.15, -0.1) is 0 Å². The molecule has 1 N–H and O–H groups in total. The highest BCUT2D eigenvalue weighted by Gasteiger charge is 2.18. The Balaban J connectivity index is 2.07. The fourth-order valence-electron chi connectivity index (χ4n) is 1.73. The van der Waals surface area contributed by atoms with Crippen molar-refractivity contribution in [3.8, 4) is 0 Å². The molecule has 0 fully saturated rings. The van der Waals surface area contributed by atoms with E-state index in [1.807, 2.05) is 0 Å². The molecule has 2 aromatic rings. The minimum Gasteiger partial charge on any atom is -0.267 e. The summed E-state index contributed by atoms with van der Waals surface area (Å²) in [5.41, 5.74) is 2.20. The molecule has 1 amide bonds. The molecule has 0 saturated heterocycles. The Labute approximate surface area is 129 Å². The van der Waals surface area contributed by atoms with Crippen LogP contribution in [0.4, 0.5) is 11.4 Å². The number of carbonyl (C=O) groups is 1. The predicted molar refractivity (Wildman–Crippen MR) is 81.3 cm³/mol. The summed E-state index contributed by atoms with van der Waals surface area (Å²) in [6.45, 7) is 0. The van der Waals surface area contributed by atoms with Gasteiger partial charge in [-0.1, -0.05) is 12.1 Å². The molecule has 0 aliphatic rings. The molecule has 2 aromatic carbocycles. The number of para-hydroxylation sites is 1. The van der Waals surface area contributed by atoms with E-state index in [0.717, 1.165) is 0 Å². The molecule has 0 atom stereocenters. The molecule has 116 valence electrons. The van der Waals surface area contributed by atoms with Crippen molar-refractivity contribution in [1.82, 2.24) is 5.43 Å². The van der Waals surface area contributed by atoms with Gasteiger partial charge in [0, 0.05) is 18.2 Å². The normalized spacial score (nSPS) is 10.4. The van der Waals surface area contributed by atoms with Crippen molar-refractivity contribution < 1.29 is 14.6 Å². The van der Waals surface area contributed by atoms with E-state index in [9.17, 15) is 25.0 Å². The topological polar surface area (TPSA) is 128 Å². The molecule has 2 rings (SSSR count). The third kappa shape index (κ3) is 3.94. The molecule has 23 heavy (non-hydrogen) atoms. The second-order valence-corrected chi connectivity index (χ2v) is 4.32. The molecule has 0 unspecified atom stereocenters. The molecule has 0 aromatic heterocycles. The Hall–Kier alpha value is -3.62. The highest BCUT2D eigenvalue weighted by molar-refractivity contribution is 5.98. The first-order valence-corrected chi connectivity index (χ1v) is 6.30. The molecule has 0 saturated carbocycles. The van der Waals surface area contributed by atoms with Crippen LogP contribution in [0.15, 0.2) is 53.6 Å². The average molecular weight is 314 g/mol. The van der Waals surface area contributed by atoms with Gasteiger partial charge in [0.05, 0.1) is 16.1 Å². The zero-order valence-corrected chi connectivity index (χ0v) is 11.6. The van der Waals surface area contributed by atoms with Crippen LogP contribution in [0.5, 0.6) is 0 Å². The highest BCUT2D eigenvalue weighted by atomic mass is 16.6. The van der Waals surface area contributed by atoms with Gasteiger partial charge in [-0.05, 0) is 23.8 Å². The number of nitrogens with one attached hydrogen (secondary N) is 1. The van der Waals surface area contributed by atoms with Gasteiger partial charge in [0.1, 0.15) is 5.56 Å². The van der Waals surface area contributed by atoms with E-state index in [1.165, 1.54) is 54.7 Å². The number of carbonyl (C=O) groups excluding carboxylic acids is 1. The molecule has 0 bridgehead atoms. The molecule has 9 nitrogen and oxygen atoms in total. The van der Waals surface area contributed by atoms with Crippen molar-refractivity contribution in [2.75, 3.05) is 0 Å². The highest BCUT2D eigenvalue weighted by Crippen LogP contribution is 2.17. The summed E-state index contributed by atoms with van der Waals surface area (Å²) in [6, 6.07) is 11.0. The van der Waals surface area contributed by atoms with E-state index >= 15 is 0 Å². The first-order chi connectivity index (χ1) is 11.0. The van der Waals surface area contributed by atoms with Crippen LogP contribution < -0.4 is 5.43 Å². The summed E-state index contributed by atoms with van der Waals surface area (Å²) in [7, 11) is 0. The lowest BCUT2D eigenvalue weighted by Crippen LogP contribution is -2.18. The summed E-state index contributed by atoms with van der Waals surface area (Å²) in [5, 5.41) is 25.0. The standard InChI is InChI=1S/C14H10N4O5/c19-14(12-3-1-2-4-13(12)18(22)23)16-15-9-10-5-7-11(8-6-10)17(20)21/h1-9H,(H,16,19)/b15-9+. The maximum absolute atomic E-state index is 11.9. The zero-order chi connectivity index (χ0) is 16.8. The zero-order valence-electron chi connectivity index (χ0n) is 11.6. The van der Waals surface area contributed by atoms with Crippen molar-refractivity contribution in [3.63, 3.8) is 0 Å². The lowest BCUT2D eigenvalue weighted by molar-refractivity contribution is -0.385. The van der Waals surface area contributed by atoms with E-state index in [2.05, 4.69) is 10.5 Å². The van der Waals surface area contributed by atoms with Gasteiger partial charge in [-0.3, -0.25) is 25.0 Å². The summed E-state index contributed by atoms with van der Waals surface area (Å²) >= 11 is 0. The predicted octanol–water partition coefficient (Wildman–Crippen LogP) is 2.27. The second-order valence-electron chi connectivity index (χ2n) is 4.32. The Bertz CT molecular complexity index is 786. The fraction of sp³-hybridized carbons (Fsp3) is 0. The first-order valence-electron chi connectivity index (χ1n) is 6.30. The second kappa shape index (κ2) is 6.89. The van der Waals surface area contributed by atoms with Crippen LogP contribution in [-0.4, -0.2) is 22.0 Å². The Morgan fingerprint density at radius 3 is 2.26 bits per heavy atom. The minimum atomic E-state index is -0.726. The SMILES string of the molecule is O=C(N/N=C/c1ccc([N+](=O)[O-])cc1)c1ccccc1[N+](=O)[O-]. The number of hydrazone groups is 1. The van der Waals surface area contributed by atoms with Gasteiger partial charge >= 0.3 is 0 Å². The van der Waals surface area contributed by atoms with E-state index in [4.69, 9.17) is 0 Å². The van der Waals surface area contributed by atoms with E-state index in [0.29, 0.717) is 5.56 Å².